The average Bonchev–Trinajstić information content (AvgIpc) is 3.23. The molecule has 34 heavy (non-hydrogen) atoms. The molecule has 3 rings (SSSR count). The topological polar surface area (TPSA) is 144 Å². The summed E-state index contributed by atoms with van der Waals surface area (Å²) in [5.74, 6) is 6.81. The van der Waals surface area contributed by atoms with E-state index in [-0.39, 0.29) is 19.3 Å². The minimum absolute atomic E-state index is 0.0865. The van der Waals surface area contributed by atoms with Crippen LogP contribution in [-0.4, -0.2) is 50.0 Å². The molecule has 0 aliphatic carbocycles. The number of nitrogens with zero attached hydrogens (tertiary/aromatic N) is 5. The molecule has 0 bridgehead atoms. The number of imidazole rings is 1. The zero-order valence-electron chi connectivity index (χ0n) is 18.8. The molecule has 1 atom stereocenters. The Balaban J connectivity index is 1.81. The number of aryl methyl sites for hydroxylation is 1. The third-order valence-corrected chi connectivity index (χ3v) is 5.32. The molecule has 0 aliphatic rings. The van der Waals surface area contributed by atoms with Gasteiger partial charge in [-0.15, -0.1) is 10.6 Å². The van der Waals surface area contributed by atoms with Gasteiger partial charge in [0.05, 0.1) is 37.5 Å². The molecular weight excluding hydrogens is 458 g/mol. The molecule has 1 unspecified atom stereocenters. The van der Waals surface area contributed by atoms with Gasteiger partial charge in [0.2, 0.25) is 5.95 Å². The van der Waals surface area contributed by atoms with Crippen LogP contribution >= 0.6 is 0 Å². The summed E-state index contributed by atoms with van der Waals surface area (Å²) in [6, 6.07) is 6.22. The molecule has 3 N–H and O–H groups in total. The van der Waals surface area contributed by atoms with Crippen molar-refractivity contribution in [2.45, 2.75) is 24.8 Å². The number of aliphatic hydroxyl groups excluding tert-OH is 1. The predicted octanol–water partition coefficient (Wildman–Crippen LogP) is 2.81. The van der Waals surface area contributed by atoms with Crippen molar-refractivity contribution in [1.29, 1.82) is 0 Å². The van der Waals surface area contributed by atoms with Crippen molar-refractivity contribution in [2.75, 3.05) is 23.8 Å². The second-order valence-corrected chi connectivity index (χ2v) is 8.16. The largest absolute Gasteiger partial charge is 0.450 e. The number of anilines is 3. The number of amides is 1. The van der Waals surface area contributed by atoms with Crippen LogP contribution in [0.5, 0.6) is 0 Å². The van der Waals surface area contributed by atoms with Crippen molar-refractivity contribution in [3.8, 4) is 11.8 Å². The molecule has 1 aromatic carbocycles. The second-order valence-electron chi connectivity index (χ2n) is 7.01. The number of aromatic nitrogens is 4. The maximum absolute atomic E-state index is 12.1. The van der Waals surface area contributed by atoms with Crippen molar-refractivity contribution >= 4 is 34.1 Å². The first-order chi connectivity index (χ1) is 16.4. The van der Waals surface area contributed by atoms with Gasteiger partial charge >= 0.3 is 6.09 Å². The molecule has 178 valence electrons. The lowest BCUT2D eigenvalue weighted by Crippen LogP contribution is -2.21. The summed E-state index contributed by atoms with van der Waals surface area (Å²) in [5.41, 5.74) is 1.92. The van der Waals surface area contributed by atoms with Gasteiger partial charge in [-0.1, -0.05) is 22.9 Å². The molecule has 0 fully saturated rings. The van der Waals surface area contributed by atoms with Gasteiger partial charge in [-0.05, 0) is 31.9 Å². The minimum Gasteiger partial charge on any atom is -0.450 e. The first-order valence-corrected chi connectivity index (χ1v) is 11.4. The Bertz CT molecular complexity index is 1290. The summed E-state index contributed by atoms with van der Waals surface area (Å²) in [5, 5.41) is 15.6. The Kier molecular flexibility index (Phi) is 8.55. The first kappa shape index (κ1) is 24.7. The van der Waals surface area contributed by atoms with Gasteiger partial charge in [-0.25, -0.2) is 14.8 Å². The highest BCUT2D eigenvalue weighted by molar-refractivity contribution is 7.75. The summed E-state index contributed by atoms with van der Waals surface area (Å²) in [6.45, 7) is 3.53. The molecular formula is C22H24N7O4S-. The highest BCUT2D eigenvalue weighted by Gasteiger charge is 2.09. The molecule has 2 heterocycles. The van der Waals surface area contributed by atoms with E-state index in [0.29, 0.717) is 27.9 Å². The number of hydrogen-bond acceptors (Lipinski definition) is 10. The van der Waals surface area contributed by atoms with E-state index in [1.807, 2.05) is 14.0 Å². The monoisotopic (exact) mass is 482 g/mol. The quantitative estimate of drug-likeness (QED) is 0.342. The Morgan fingerprint density at radius 3 is 2.71 bits per heavy atom. The maximum atomic E-state index is 12.1. The molecule has 0 spiro atoms. The lowest BCUT2D eigenvalue weighted by molar-refractivity contribution is 0.164. The highest BCUT2D eigenvalue weighted by Crippen LogP contribution is 2.19. The Hall–Kier alpha value is -3.95. The van der Waals surface area contributed by atoms with E-state index < -0.39 is 16.7 Å². The molecule has 0 radical (unpaired) electrons. The molecule has 1 amide bonds. The fourth-order valence-corrected chi connectivity index (χ4v) is 3.25. The summed E-state index contributed by atoms with van der Waals surface area (Å²) < 4.78 is 22.1. The van der Waals surface area contributed by atoms with E-state index in [0.717, 1.165) is 5.69 Å². The van der Waals surface area contributed by atoms with Crippen LogP contribution in [0, 0.1) is 11.8 Å². The predicted molar refractivity (Wildman–Crippen MR) is 127 cm³/mol. The molecule has 12 heteroatoms. The van der Waals surface area contributed by atoms with Crippen LogP contribution in [0.3, 0.4) is 0 Å². The molecule has 2 aromatic heterocycles. The van der Waals surface area contributed by atoms with Gasteiger partial charge in [0.25, 0.3) is 0 Å². The third kappa shape index (κ3) is 6.77. The van der Waals surface area contributed by atoms with E-state index >= 15 is 0 Å². The van der Waals surface area contributed by atoms with Gasteiger partial charge in [0.15, 0.2) is 0 Å². The fraction of sp³-hybridized carbons (Fsp3) is 0.273. The maximum Gasteiger partial charge on any atom is 0.410 e. The van der Waals surface area contributed by atoms with Crippen molar-refractivity contribution in [3.05, 3.63) is 54.2 Å². The van der Waals surface area contributed by atoms with Gasteiger partial charge in [-0.3, -0.25) is 4.36 Å². The molecule has 0 saturated heterocycles. The van der Waals surface area contributed by atoms with Crippen LogP contribution in [0.2, 0.25) is 0 Å². The lowest BCUT2D eigenvalue weighted by Gasteiger charge is -2.14. The number of carbonyl (C=O) groups is 1. The number of aliphatic hydroxyl groups is 1. The van der Waals surface area contributed by atoms with Crippen LogP contribution in [0.25, 0.3) is 0 Å². The van der Waals surface area contributed by atoms with Crippen molar-refractivity contribution in [2.24, 2.45) is 11.4 Å². The normalized spacial score (nSPS) is 12.4. The first-order valence-electron chi connectivity index (χ1n) is 10.3. The zero-order valence-corrected chi connectivity index (χ0v) is 19.7. The number of rotatable bonds is 7. The smallest absolute Gasteiger partial charge is 0.410 e. The van der Waals surface area contributed by atoms with Crippen LogP contribution in [0.15, 0.2) is 52.2 Å². The van der Waals surface area contributed by atoms with Gasteiger partial charge < -0.3 is 29.3 Å². The minimum atomic E-state index is -1.86. The van der Waals surface area contributed by atoms with E-state index in [1.54, 1.807) is 54.5 Å². The molecule has 0 aliphatic heterocycles. The van der Waals surface area contributed by atoms with E-state index in [2.05, 4.69) is 46.5 Å². The van der Waals surface area contributed by atoms with Crippen molar-refractivity contribution in [3.63, 3.8) is 0 Å². The molecule has 11 nitrogen and oxygen atoms in total. The van der Waals surface area contributed by atoms with E-state index in [1.165, 1.54) is 0 Å². The van der Waals surface area contributed by atoms with Crippen molar-refractivity contribution < 1.29 is 18.8 Å². The van der Waals surface area contributed by atoms with E-state index in [4.69, 9.17) is 0 Å². The fourth-order valence-electron chi connectivity index (χ4n) is 2.59. The highest BCUT2D eigenvalue weighted by atomic mass is 32.2. The van der Waals surface area contributed by atoms with Crippen LogP contribution in [0.1, 0.15) is 25.1 Å². The van der Waals surface area contributed by atoms with Crippen LogP contribution < -0.4 is 10.6 Å². The number of ether oxygens (including phenoxy) is 1. The second kappa shape index (κ2) is 11.8. The Morgan fingerprint density at radius 1 is 1.29 bits per heavy atom. The number of nitrogens with one attached hydrogen (secondary N) is 2. The van der Waals surface area contributed by atoms with Gasteiger partial charge in [-0.2, -0.15) is 4.98 Å². The van der Waals surface area contributed by atoms with Gasteiger partial charge in [0, 0.05) is 18.8 Å². The zero-order chi connectivity index (χ0) is 24.5. The lowest BCUT2D eigenvalue weighted by atomic mass is 10.2. The van der Waals surface area contributed by atoms with E-state index in [9.17, 15) is 14.1 Å². The standard InChI is InChI=1S/C22H24N7O4S/c1-4-33-22(31)28-34(32)19-9-6-17(7-10-19)26-21-24-11-16(20(27-21)25-15(2)13-30)5-8-18-12-23-14-29(18)3/h6-7,9-12,14-15,30H,4,13H2,1-3H3,(H2,24,25,26,27)/q-1. The molecule has 3 aromatic rings. The Labute approximate surface area is 198 Å². The Morgan fingerprint density at radius 2 is 2.06 bits per heavy atom. The van der Waals surface area contributed by atoms with Crippen LogP contribution in [-0.2, 0) is 26.6 Å². The van der Waals surface area contributed by atoms with Crippen LogP contribution in [0.4, 0.5) is 22.2 Å². The third-order valence-electron chi connectivity index (χ3n) is 4.33. The average molecular weight is 483 g/mol. The number of carbonyl (C=O) groups excluding carboxylic acids is 1. The summed E-state index contributed by atoms with van der Waals surface area (Å²) in [4.78, 5) is 24.6. The molecule has 0 saturated carbocycles. The van der Waals surface area contributed by atoms with Crippen molar-refractivity contribution in [1.82, 2.24) is 19.5 Å². The summed E-state index contributed by atoms with van der Waals surface area (Å²) in [7, 11) is -0.0184. The summed E-state index contributed by atoms with van der Waals surface area (Å²) >= 11 is 0. The SMILES string of the molecule is CCOC(=O)N=[S-](=O)c1ccc(Nc2ncc(C#Cc3cncn3C)c(NC(C)CO)n2)cc1. The number of benzene rings is 1. The van der Waals surface area contributed by atoms with Gasteiger partial charge in [0.1, 0.15) is 11.5 Å². The number of hydrogen-bond donors (Lipinski definition) is 3. The summed E-state index contributed by atoms with van der Waals surface area (Å²) in [6.07, 6.45) is 4.02.